The molecule has 0 saturated carbocycles. The summed E-state index contributed by atoms with van der Waals surface area (Å²) in [4.78, 5) is 12.0. The SMILES string of the molecule is Cc1nn(CCCNC(=O)c2ccccc2I)cc1Br. The highest BCUT2D eigenvalue weighted by molar-refractivity contribution is 14.1. The number of carbonyl (C=O) groups excluding carboxylic acids is 1. The van der Waals surface area contributed by atoms with Crippen molar-refractivity contribution in [3.8, 4) is 0 Å². The van der Waals surface area contributed by atoms with Crippen LogP contribution >= 0.6 is 38.5 Å². The predicted molar refractivity (Wildman–Crippen MR) is 90.8 cm³/mol. The Labute approximate surface area is 140 Å². The van der Waals surface area contributed by atoms with Crippen LogP contribution in [-0.4, -0.2) is 22.2 Å². The molecular weight excluding hydrogens is 433 g/mol. The average molecular weight is 448 g/mol. The van der Waals surface area contributed by atoms with E-state index in [-0.39, 0.29) is 5.91 Å². The van der Waals surface area contributed by atoms with Crippen molar-refractivity contribution in [2.75, 3.05) is 6.54 Å². The maximum Gasteiger partial charge on any atom is 0.252 e. The van der Waals surface area contributed by atoms with E-state index in [0.29, 0.717) is 6.54 Å². The minimum absolute atomic E-state index is 0.0205. The van der Waals surface area contributed by atoms with Gasteiger partial charge in [0.05, 0.1) is 15.7 Å². The van der Waals surface area contributed by atoms with E-state index >= 15 is 0 Å². The van der Waals surface area contributed by atoms with Gasteiger partial charge < -0.3 is 5.32 Å². The first kappa shape index (κ1) is 15.5. The van der Waals surface area contributed by atoms with E-state index in [2.05, 4.69) is 48.9 Å². The molecule has 0 saturated heterocycles. The number of hydrogen-bond acceptors (Lipinski definition) is 2. The molecule has 0 radical (unpaired) electrons. The second-order valence-electron chi connectivity index (χ2n) is 4.41. The third-order valence-corrected chi connectivity index (χ3v) is 4.57. The first-order chi connectivity index (χ1) is 9.58. The zero-order chi connectivity index (χ0) is 14.5. The van der Waals surface area contributed by atoms with Gasteiger partial charge in [-0.15, -0.1) is 0 Å². The molecule has 0 aliphatic heterocycles. The normalized spacial score (nSPS) is 10.6. The van der Waals surface area contributed by atoms with E-state index in [1.54, 1.807) is 0 Å². The Morgan fingerprint density at radius 2 is 2.20 bits per heavy atom. The molecule has 0 atom stereocenters. The van der Waals surface area contributed by atoms with E-state index < -0.39 is 0 Å². The fourth-order valence-corrected chi connectivity index (χ4v) is 2.74. The van der Waals surface area contributed by atoms with Gasteiger partial charge in [0.2, 0.25) is 0 Å². The van der Waals surface area contributed by atoms with Gasteiger partial charge in [-0.25, -0.2) is 0 Å². The fourth-order valence-electron chi connectivity index (χ4n) is 1.79. The van der Waals surface area contributed by atoms with Crippen LogP contribution in [0.4, 0.5) is 0 Å². The molecule has 0 aliphatic carbocycles. The molecule has 1 amide bonds. The van der Waals surface area contributed by atoms with Crippen LogP contribution in [0.2, 0.25) is 0 Å². The predicted octanol–water partition coefficient (Wildman–Crippen LogP) is 3.38. The molecule has 1 heterocycles. The maximum atomic E-state index is 12.0. The molecule has 6 heteroatoms. The monoisotopic (exact) mass is 447 g/mol. The smallest absolute Gasteiger partial charge is 0.252 e. The molecule has 2 aromatic rings. The molecule has 1 aromatic heterocycles. The van der Waals surface area contributed by atoms with Gasteiger partial charge in [0.15, 0.2) is 0 Å². The molecule has 0 spiro atoms. The van der Waals surface area contributed by atoms with Crippen LogP contribution in [0.1, 0.15) is 22.5 Å². The van der Waals surface area contributed by atoms with E-state index in [0.717, 1.165) is 32.3 Å². The lowest BCUT2D eigenvalue weighted by molar-refractivity contribution is 0.0951. The number of amides is 1. The number of rotatable bonds is 5. The Morgan fingerprint density at radius 3 is 2.85 bits per heavy atom. The van der Waals surface area contributed by atoms with Crippen LogP contribution in [0.15, 0.2) is 34.9 Å². The van der Waals surface area contributed by atoms with Crippen molar-refractivity contribution in [1.82, 2.24) is 15.1 Å². The van der Waals surface area contributed by atoms with Crippen LogP contribution in [-0.2, 0) is 6.54 Å². The summed E-state index contributed by atoms with van der Waals surface area (Å²) in [6.07, 6.45) is 2.81. The van der Waals surface area contributed by atoms with Crippen LogP contribution in [0.5, 0.6) is 0 Å². The number of hydrogen-bond donors (Lipinski definition) is 1. The second-order valence-corrected chi connectivity index (χ2v) is 6.43. The average Bonchev–Trinajstić information content (AvgIpc) is 2.74. The second kappa shape index (κ2) is 7.21. The number of nitrogens with zero attached hydrogens (tertiary/aromatic N) is 2. The van der Waals surface area contributed by atoms with E-state index in [1.807, 2.05) is 42.1 Å². The van der Waals surface area contributed by atoms with Gasteiger partial charge in [-0.05, 0) is 64.0 Å². The maximum absolute atomic E-state index is 12.0. The molecule has 1 aromatic carbocycles. The standard InChI is InChI=1S/C14H15BrIN3O/c1-10-12(15)9-19(18-10)8-4-7-17-14(20)11-5-2-3-6-13(11)16/h2-3,5-6,9H,4,7-8H2,1H3,(H,17,20). The minimum atomic E-state index is -0.0205. The van der Waals surface area contributed by atoms with E-state index in [9.17, 15) is 4.79 Å². The molecule has 4 nitrogen and oxygen atoms in total. The fraction of sp³-hybridized carbons (Fsp3) is 0.286. The molecule has 0 aliphatic rings. The topological polar surface area (TPSA) is 46.9 Å². The summed E-state index contributed by atoms with van der Waals surface area (Å²) < 4.78 is 3.87. The van der Waals surface area contributed by atoms with Gasteiger partial charge >= 0.3 is 0 Å². The van der Waals surface area contributed by atoms with Gasteiger partial charge in [0.25, 0.3) is 5.91 Å². The van der Waals surface area contributed by atoms with Gasteiger partial charge in [-0.3, -0.25) is 9.48 Å². The van der Waals surface area contributed by atoms with Crippen LogP contribution in [0, 0.1) is 10.5 Å². The van der Waals surface area contributed by atoms with Crippen LogP contribution < -0.4 is 5.32 Å². The van der Waals surface area contributed by atoms with Crippen molar-refractivity contribution in [1.29, 1.82) is 0 Å². The first-order valence-corrected chi connectivity index (χ1v) is 8.17. The van der Waals surface area contributed by atoms with E-state index in [1.165, 1.54) is 0 Å². The lowest BCUT2D eigenvalue weighted by atomic mass is 10.2. The number of halogens is 2. The lowest BCUT2D eigenvalue weighted by Gasteiger charge is -2.06. The molecule has 0 unspecified atom stereocenters. The lowest BCUT2D eigenvalue weighted by Crippen LogP contribution is -2.26. The Morgan fingerprint density at radius 1 is 1.45 bits per heavy atom. The Bertz CT molecular complexity index is 593. The third-order valence-electron chi connectivity index (χ3n) is 2.85. The third kappa shape index (κ3) is 4.05. The molecular formula is C14H15BrIN3O. The highest BCUT2D eigenvalue weighted by Crippen LogP contribution is 2.13. The quantitative estimate of drug-likeness (QED) is 0.564. The van der Waals surface area contributed by atoms with Gasteiger partial charge in [0.1, 0.15) is 0 Å². The van der Waals surface area contributed by atoms with Crippen molar-refractivity contribution in [3.63, 3.8) is 0 Å². The molecule has 2 rings (SSSR count). The van der Waals surface area contributed by atoms with Gasteiger partial charge in [-0.1, -0.05) is 12.1 Å². The highest BCUT2D eigenvalue weighted by Gasteiger charge is 2.08. The van der Waals surface area contributed by atoms with Crippen molar-refractivity contribution in [2.24, 2.45) is 0 Å². The summed E-state index contributed by atoms with van der Waals surface area (Å²) in [5, 5.41) is 7.29. The van der Waals surface area contributed by atoms with Crippen molar-refractivity contribution in [3.05, 3.63) is 49.8 Å². The molecule has 0 bridgehead atoms. The zero-order valence-corrected chi connectivity index (χ0v) is 14.8. The Hall–Kier alpha value is -0.890. The molecule has 20 heavy (non-hydrogen) atoms. The van der Waals surface area contributed by atoms with E-state index in [4.69, 9.17) is 0 Å². The summed E-state index contributed by atoms with van der Waals surface area (Å²) in [6.45, 7) is 3.39. The summed E-state index contributed by atoms with van der Waals surface area (Å²) in [7, 11) is 0. The van der Waals surface area contributed by atoms with Gasteiger partial charge in [0, 0.05) is 22.9 Å². The molecule has 106 valence electrons. The summed E-state index contributed by atoms with van der Waals surface area (Å²) in [6, 6.07) is 7.57. The van der Waals surface area contributed by atoms with Crippen molar-refractivity contribution < 1.29 is 4.79 Å². The van der Waals surface area contributed by atoms with Crippen molar-refractivity contribution in [2.45, 2.75) is 19.9 Å². The first-order valence-electron chi connectivity index (χ1n) is 6.30. The number of carbonyl (C=O) groups is 1. The largest absolute Gasteiger partial charge is 0.352 e. The van der Waals surface area contributed by atoms with Gasteiger partial charge in [-0.2, -0.15) is 5.10 Å². The van der Waals surface area contributed by atoms with Crippen molar-refractivity contribution >= 4 is 44.4 Å². The molecule has 0 fully saturated rings. The number of aromatic nitrogens is 2. The number of benzene rings is 1. The number of aryl methyl sites for hydroxylation is 2. The van der Waals surface area contributed by atoms with Crippen LogP contribution in [0.3, 0.4) is 0 Å². The number of nitrogens with one attached hydrogen (secondary N) is 1. The summed E-state index contributed by atoms with van der Waals surface area (Å²) >= 11 is 5.61. The zero-order valence-electron chi connectivity index (χ0n) is 11.1. The van der Waals surface area contributed by atoms with Crippen LogP contribution in [0.25, 0.3) is 0 Å². The Kier molecular flexibility index (Phi) is 5.59. The molecule has 1 N–H and O–H groups in total. The summed E-state index contributed by atoms with van der Waals surface area (Å²) in [5.74, 6) is -0.0205. The minimum Gasteiger partial charge on any atom is -0.352 e. The summed E-state index contributed by atoms with van der Waals surface area (Å²) in [5.41, 5.74) is 1.71. The Balaban J connectivity index is 1.79. The highest BCUT2D eigenvalue weighted by atomic mass is 127.